The maximum Gasteiger partial charge on any atom is 0.220 e. The first kappa shape index (κ1) is 12.9. The second-order valence-corrected chi connectivity index (χ2v) is 7.02. The second-order valence-electron chi connectivity index (χ2n) is 7.02. The van der Waals surface area contributed by atoms with Gasteiger partial charge in [-0.1, -0.05) is 20.8 Å². The van der Waals surface area contributed by atoms with Crippen molar-refractivity contribution in [1.82, 2.24) is 10.6 Å². The molecule has 98 valence electrons. The number of carbonyl (C=O) groups excluding carboxylic acids is 1. The van der Waals surface area contributed by atoms with Crippen molar-refractivity contribution in [3.8, 4) is 0 Å². The lowest BCUT2D eigenvalue weighted by Crippen LogP contribution is -2.40. The lowest BCUT2D eigenvalue weighted by molar-refractivity contribution is -0.122. The number of nitrogens with one attached hydrogen (secondary N) is 2. The first-order chi connectivity index (χ1) is 7.92. The van der Waals surface area contributed by atoms with Crippen LogP contribution in [0.4, 0.5) is 0 Å². The Morgan fingerprint density at radius 3 is 2.35 bits per heavy atom. The van der Waals surface area contributed by atoms with Crippen LogP contribution in [0.5, 0.6) is 0 Å². The normalized spacial score (nSPS) is 32.5. The molecule has 2 aliphatic heterocycles. The van der Waals surface area contributed by atoms with E-state index in [1.807, 2.05) is 0 Å². The molecule has 3 heteroatoms. The molecule has 0 aromatic carbocycles. The maximum absolute atomic E-state index is 11.9. The van der Waals surface area contributed by atoms with Gasteiger partial charge in [-0.05, 0) is 37.0 Å². The molecule has 2 fully saturated rings. The fraction of sp³-hybridized carbons (Fsp3) is 0.929. The van der Waals surface area contributed by atoms with E-state index in [1.54, 1.807) is 0 Å². The van der Waals surface area contributed by atoms with Crippen molar-refractivity contribution < 1.29 is 4.79 Å². The molecule has 2 bridgehead atoms. The van der Waals surface area contributed by atoms with Crippen LogP contribution in [0.3, 0.4) is 0 Å². The van der Waals surface area contributed by atoms with E-state index in [4.69, 9.17) is 0 Å². The van der Waals surface area contributed by atoms with E-state index in [-0.39, 0.29) is 11.3 Å². The van der Waals surface area contributed by atoms with Gasteiger partial charge in [0.2, 0.25) is 5.91 Å². The van der Waals surface area contributed by atoms with Gasteiger partial charge in [-0.2, -0.15) is 0 Å². The minimum atomic E-state index is 0.183. The Bertz CT molecular complexity index is 270. The zero-order valence-electron chi connectivity index (χ0n) is 11.4. The summed E-state index contributed by atoms with van der Waals surface area (Å²) in [5, 5.41) is 6.68. The first-order valence-electron chi connectivity index (χ1n) is 6.95. The van der Waals surface area contributed by atoms with Gasteiger partial charge in [0.05, 0.1) is 0 Å². The summed E-state index contributed by atoms with van der Waals surface area (Å²) in [6, 6.07) is 1.38. The number of carbonyl (C=O) groups is 1. The Balaban J connectivity index is 1.72. The van der Waals surface area contributed by atoms with E-state index in [1.165, 1.54) is 25.7 Å². The van der Waals surface area contributed by atoms with Crippen LogP contribution in [-0.2, 0) is 4.79 Å². The SMILES string of the molecule is CC(C)(C)CNC(=O)CC1CC2CCC(C1)N2. The molecule has 0 aromatic heterocycles. The fourth-order valence-corrected chi connectivity index (χ4v) is 3.04. The zero-order chi connectivity index (χ0) is 12.5. The van der Waals surface area contributed by atoms with E-state index in [0.717, 1.165) is 13.0 Å². The van der Waals surface area contributed by atoms with Gasteiger partial charge in [0.25, 0.3) is 0 Å². The average molecular weight is 238 g/mol. The molecule has 0 aliphatic carbocycles. The Morgan fingerprint density at radius 1 is 1.24 bits per heavy atom. The predicted octanol–water partition coefficient (Wildman–Crippen LogP) is 2.07. The fourth-order valence-electron chi connectivity index (χ4n) is 3.04. The molecule has 1 amide bonds. The quantitative estimate of drug-likeness (QED) is 0.790. The molecule has 0 radical (unpaired) electrons. The molecule has 2 N–H and O–H groups in total. The summed E-state index contributed by atoms with van der Waals surface area (Å²) in [5.74, 6) is 0.847. The topological polar surface area (TPSA) is 41.1 Å². The average Bonchev–Trinajstić information content (AvgIpc) is 2.54. The minimum Gasteiger partial charge on any atom is -0.356 e. The van der Waals surface area contributed by atoms with Gasteiger partial charge in [0.1, 0.15) is 0 Å². The molecule has 2 unspecified atom stereocenters. The first-order valence-corrected chi connectivity index (χ1v) is 6.95. The van der Waals surface area contributed by atoms with Crippen LogP contribution in [0.25, 0.3) is 0 Å². The molecular formula is C14H26N2O. The van der Waals surface area contributed by atoms with Crippen LogP contribution in [0.1, 0.15) is 52.9 Å². The largest absolute Gasteiger partial charge is 0.356 e. The second kappa shape index (κ2) is 4.97. The summed E-state index contributed by atoms with van der Waals surface area (Å²) >= 11 is 0. The van der Waals surface area contributed by atoms with Crippen molar-refractivity contribution in [2.45, 2.75) is 65.0 Å². The summed E-state index contributed by atoms with van der Waals surface area (Å²) in [5.41, 5.74) is 0.183. The summed E-state index contributed by atoms with van der Waals surface area (Å²) in [7, 11) is 0. The number of hydrogen-bond acceptors (Lipinski definition) is 2. The van der Waals surface area contributed by atoms with Gasteiger partial charge >= 0.3 is 0 Å². The third-order valence-electron chi connectivity index (χ3n) is 3.86. The Labute approximate surface area is 105 Å². The van der Waals surface area contributed by atoms with Crippen molar-refractivity contribution in [1.29, 1.82) is 0 Å². The molecule has 0 spiro atoms. The van der Waals surface area contributed by atoms with Crippen molar-refractivity contribution in [3.05, 3.63) is 0 Å². The third kappa shape index (κ3) is 3.98. The maximum atomic E-state index is 11.9. The molecule has 0 aromatic rings. The Morgan fingerprint density at radius 2 is 1.82 bits per heavy atom. The van der Waals surface area contributed by atoms with Gasteiger partial charge in [-0.3, -0.25) is 4.79 Å². The van der Waals surface area contributed by atoms with E-state index in [2.05, 4.69) is 31.4 Å². The van der Waals surface area contributed by atoms with E-state index in [0.29, 0.717) is 18.0 Å². The molecule has 2 saturated heterocycles. The molecule has 17 heavy (non-hydrogen) atoms. The van der Waals surface area contributed by atoms with E-state index < -0.39 is 0 Å². The Kier molecular flexibility index (Phi) is 3.76. The highest BCUT2D eigenvalue weighted by atomic mass is 16.1. The summed E-state index contributed by atoms with van der Waals surface area (Å²) in [4.78, 5) is 11.9. The standard InChI is InChI=1S/C14H26N2O/c1-14(2,3)9-15-13(17)8-10-6-11-4-5-12(7-10)16-11/h10-12,16H,4-9H2,1-3H3,(H,15,17). The van der Waals surface area contributed by atoms with Gasteiger partial charge in [0.15, 0.2) is 0 Å². The van der Waals surface area contributed by atoms with Gasteiger partial charge in [-0.25, -0.2) is 0 Å². The molecule has 3 nitrogen and oxygen atoms in total. The Hall–Kier alpha value is -0.570. The van der Waals surface area contributed by atoms with Gasteiger partial charge in [0, 0.05) is 25.0 Å². The van der Waals surface area contributed by atoms with Crippen molar-refractivity contribution in [2.24, 2.45) is 11.3 Å². The zero-order valence-corrected chi connectivity index (χ0v) is 11.4. The summed E-state index contributed by atoms with van der Waals surface area (Å²) < 4.78 is 0. The van der Waals surface area contributed by atoms with Crippen LogP contribution in [0, 0.1) is 11.3 Å². The summed E-state index contributed by atoms with van der Waals surface area (Å²) in [6.45, 7) is 7.23. The number of hydrogen-bond donors (Lipinski definition) is 2. The molecule has 2 heterocycles. The van der Waals surface area contributed by atoms with Crippen LogP contribution in [0.2, 0.25) is 0 Å². The summed E-state index contributed by atoms with van der Waals surface area (Å²) in [6.07, 6.45) is 5.74. The van der Waals surface area contributed by atoms with Crippen molar-refractivity contribution in [2.75, 3.05) is 6.54 Å². The molecule has 0 saturated carbocycles. The molecular weight excluding hydrogens is 212 g/mol. The number of piperidine rings is 1. The molecule has 2 aliphatic rings. The minimum absolute atomic E-state index is 0.183. The molecule has 2 rings (SSSR count). The van der Waals surface area contributed by atoms with Gasteiger partial charge in [-0.15, -0.1) is 0 Å². The highest BCUT2D eigenvalue weighted by molar-refractivity contribution is 5.76. The number of rotatable bonds is 3. The van der Waals surface area contributed by atoms with Crippen molar-refractivity contribution >= 4 is 5.91 Å². The highest BCUT2D eigenvalue weighted by Gasteiger charge is 2.34. The predicted molar refractivity (Wildman–Crippen MR) is 69.8 cm³/mol. The molecule has 2 atom stereocenters. The van der Waals surface area contributed by atoms with Crippen LogP contribution in [0.15, 0.2) is 0 Å². The van der Waals surface area contributed by atoms with Crippen molar-refractivity contribution in [3.63, 3.8) is 0 Å². The van der Waals surface area contributed by atoms with Gasteiger partial charge < -0.3 is 10.6 Å². The number of fused-ring (bicyclic) bond motifs is 2. The van der Waals surface area contributed by atoms with Crippen LogP contribution in [-0.4, -0.2) is 24.5 Å². The number of amides is 1. The monoisotopic (exact) mass is 238 g/mol. The van der Waals surface area contributed by atoms with Crippen LogP contribution >= 0.6 is 0 Å². The lowest BCUT2D eigenvalue weighted by atomic mass is 9.89. The smallest absolute Gasteiger partial charge is 0.220 e. The third-order valence-corrected chi connectivity index (χ3v) is 3.86. The van der Waals surface area contributed by atoms with E-state index >= 15 is 0 Å². The van der Waals surface area contributed by atoms with Crippen LogP contribution < -0.4 is 10.6 Å². The van der Waals surface area contributed by atoms with E-state index in [9.17, 15) is 4.79 Å². The lowest BCUT2D eigenvalue weighted by Gasteiger charge is -2.29. The highest BCUT2D eigenvalue weighted by Crippen LogP contribution is 2.32.